The predicted octanol–water partition coefficient (Wildman–Crippen LogP) is 0.394. The normalized spacial score (nSPS) is 13.2. The third kappa shape index (κ3) is 7.94. The number of aliphatic hydroxyl groups excluding tert-OH is 1. The van der Waals surface area contributed by atoms with Crippen LogP contribution >= 0.6 is 0 Å². The van der Waals surface area contributed by atoms with E-state index in [0.717, 1.165) is 0 Å². The van der Waals surface area contributed by atoms with Gasteiger partial charge in [0, 0.05) is 13.7 Å². The molecule has 0 aliphatic heterocycles. The van der Waals surface area contributed by atoms with Crippen molar-refractivity contribution in [1.29, 1.82) is 0 Å². The Kier molecular flexibility index (Phi) is 8.81. The third-order valence-electron chi connectivity index (χ3n) is 1.40. The lowest BCUT2D eigenvalue weighted by Gasteiger charge is -2.11. The molecule has 0 spiro atoms. The van der Waals surface area contributed by atoms with Crippen molar-refractivity contribution in [1.82, 2.24) is 0 Å². The maximum absolute atomic E-state index is 8.54. The molecule has 0 aliphatic rings. The van der Waals surface area contributed by atoms with Crippen LogP contribution in [0.2, 0.25) is 0 Å². The van der Waals surface area contributed by atoms with Gasteiger partial charge in [-0.1, -0.05) is 0 Å². The van der Waals surface area contributed by atoms with E-state index in [-0.39, 0.29) is 19.5 Å². The van der Waals surface area contributed by atoms with Crippen molar-refractivity contribution in [3.05, 3.63) is 0 Å². The van der Waals surface area contributed by atoms with Crippen molar-refractivity contribution in [3.63, 3.8) is 0 Å². The third-order valence-corrected chi connectivity index (χ3v) is 1.40. The summed E-state index contributed by atoms with van der Waals surface area (Å²) in [6.07, 6.45) is 0.700. The molecule has 0 unspecified atom stereocenters. The zero-order valence-corrected chi connectivity index (χ0v) is 7.78. The molecule has 12 heavy (non-hydrogen) atoms. The van der Waals surface area contributed by atoms with Crippen LogP contribution in [0.5, 0.6) is 0 Å². The molecule has 4 heteroatoms. The van der Waals surface area contributed by atoms with Crippen LogP contribution in [0.1, 0.15) is 13.3 Å². The smallest absolute Gasteiger partial charge is 0.147 e. The van der Waals surface area contributed by atoms with Gasteiger partial charge in [0.15, 0.2) is 0 Å². The summed E-state index contributed by atoms with van der Waals surface area (Å²) in [4.78, 5) is 0. The van der Waals surface area contributed by atoms with E-state index in [4.69, 9.17) is 19.3 Å². The average molecular weight is 178 g/mol. The molecule has 1 N–H and O–H groups in total. The lowest BCUT2D eigenvalue weighted by Crippen LogP contribution is -2.14. The van der Waals surface area contributed by atoms with E-state index < -0.39 is 0 Å². The van der Waals surface area contributed by atoms with Crippen molar-refractivity contribution in [3.8, 4) is 0 Å². The van der Waals surface area contributed by atoms with Gasteiger partial charge in [0.2, 0.25) is 0 Å². The predicted molar refractivity (Wildman–Crippen MR) is 44.9 cm³/mol. The van der Waals surface area contributed by atoms with E-state index in [9.17, 15) is 0 Å². The maximum atomic E-state index is 8.54. The van der Waals surface area contributed by atoms with Gasteiger partial charge in [-0.05, 0) is 13.3 Å². The minimum atomic E-state index is 0.0533. The van der Waals surface area contributed by atoms with Gasteiger partial charge in [-0.15, -0.1) is 0 Å². The number of aliphatic hydroxyl groups is 1. The number of hydrogen-bond donors (Lipinski definition) is 1. The molecule has 0 fully saturated rings. The molecule has 0 amide bonds. The van der Waals surface area contributed by atoms with E-state index in [0.29, 0.717) is 19.6 Å². The average Bonchev–Trinajstić information content (AvgIpc) is 2.05. The molecule has 0 bridgehead atoms. The molecule has 0 aliphatic carbocycles. The summed E-state index contributed by atoms with van der Waals surface area (Å²) in [5.41, 5.74) is 0. The first-order valence-corrected chi connectivity index (χ1v) is 4.10. The summed E-state index contributed by atoms with van der Waals surface area (Å²) >= 11 is 0. The zero-order chi connectivity index (χ0) is 9.23. The van der Waals surface area contributed by atoms with Crippen LogP contribution < -0.4 is 0 Å². The molecule has 0 aromatic carbocycles. The number of rotatable bonds is 8. The standard InChI is InChI=1S/C8H18O4/c1-8(3-4-9)12-7-11-6-5-10-2/h8-9H,3-7H2,1-2H3/t8-/m0/s1. The zero-order valence-electron chi connectivity index (χ0n) is 7.78. The SMILES string of the molecule is COCCOCO[C@@H](C)CCO. The van der Waals surface area contributed by atoms with Crippen LogP contribution in [-0.2, 0) is 14.2 Å². The van der Waals surface area contributed by atoms with E-state index in [1.807, 2.05) is 6.92 Å². The molecular weight excluding hydrogens is 160 g/mol. The first-order valence-electron chi connectivity index (χ1n) is 4.10. The van der Waals surface area contributed by atoms with Crippen LogP contribution in [0.3, 0.4) is 0 Å². The van der Waals surface area contributed by atoms with E-state index in [1.54, 1.807) is 7.11 Å². The number of methoxy groups -OCH3 is 1. The Morgan fingerprint density at radius 3 is 2.67 bits per heavy atom. The van der Waals surface area contributed by atoms with Crippen LogP contribution in [0, 0.1) is 0 Å². The second-order valence-corrected chi connectivity index (χ2v) is 2.51. The molecule has 1 atom stereocenters. The Morgan fingerprint density at radius 1 is 1.33 bits per heavy atom. The summed E-state index contributed by atoms with van der Waals surface area (Å²) < 4.78 is 15.0. The van der Waals surface area contributed by atoms with Crippen molar-refractivity contribution in [2.75, 3.05) is 33.7 Å². The van der Waals surface area contributed by atoms with Crippen LogP contribution in [-0.4, -0.2) is 44.9 Å². The first-order chi connectivity index (χ1) is 5.81. The lowest BCUT2D eigenvalue weighted by atomic mass is 10.3. The first kappa shape index (κ1) is 11.8. The highest BCUT2D eigenvalue weighted by Crippen LogP contribution is 1.95. The molecular formula is C8H18O4. The lowest BCUT2D eigenvalue weighted by molar-refractivity contribution is -0.0963. The van der Waals surface area contributed by atoms with Crippen LogP contribution in [0.25, 0.3) is 0 Å². The van der Waals surface area contributed by atoms with Crippen LogP contribution in [0.15, 0.2) is 0 Å². The highest BCUT2D eigenvalue weighted by molar-refractivity contribution is 4.45. The second-order valence-electron chi connectivity index (χ2n) is 2.51. The van der Waals surface area contributed by atoms with Gasteiger partial charge < -0.3 is 19.3 Å². The Bertz CT molecular complexity index is 87.1. The van der Waals surface area contributed by atoms with Gasteiger partial charge in [-0.3, -0.25) is 0 Å². The highest BCUT2D eigenvalue weighted by Gasteiger charge is 1.99. The van der Waals surface area contributed by atoms with Crippen molar-refractivity contribution in [2.45, 2.75) is 19.4 Å². The molecule has 0 heterocycles. The van der Waals surface area contributed by atoms with Crippen molar-refractivity contribution in [2.24, 2.45) is 0 Å². The molecule has 0 saturated heterocycles. The molecule has 4 nitrogen and oxygen atoms in total. The molecule has 0 rings (SSSR count). The monoisotopic (exact) mass is 178 g/mol. The number of ether oxygens (including phenoxy) is 3. The van der Waals surface area contributed by atoms with Gasteiger partial charge in [-0.25, -0.2) is 0 Å². The fourth-order valence-corrected chi connectivity index (χ4v) is 0.631. The van der Waals surface area contributed by atoms with E-state index >= 15 is 0 Å². The Labute approximate surface area is 73.4 Å². The fourth-order valence-electron chi connectivity index (χ4n) is 0.631. The second kappa shape index (κ2) is 8.93. The van der Waals surface area contributed by atoms with Crippen molar-refractivity contribution >= 4 is 0 Å². The molecule has 0 aromatic heterocycles. The summed E-state index contributed by atoms with van der Waals surface area (Å²) in [7, 11) is 1.62. The van der Waals surface area contributed by atoms with E-state index in [1.165, 1.54) is 0 Å². The molecule has 0 saturated carbocycles. The van der Waals surface area contributed by atoms with Crippen molar-refractivity contribution < 1.29 is 19.3 Å². The Hall–Kier alpha value is -0.160. The Balaban J connectivity index is 2.97. The van der Waals surface area contributed by atoms with Gasteiger partial charge in [-0.2, -0.15) is 0 Å². The number of hydrogen-bond acceptors (Lipinski definition) is 4. The highest BCUT2D eigenvalue weighted by atomic mass is 16.7. The molecule has 74 valence electrons. The largest absolute Gasteiger partial charge is 0.396 e. The fraction of sp³-hybridized carbons (Fsp3) is 1.00. The Morgan fingerprint density at radius 2 is 2.08 bits per heavy atom. The van der Waals surface area contributed by atoms with E-state index in [2.05, 4.69) is 0 Å². The van der Waals surface area contributed by atoms with Gasteiger partial charge >= 0.3 is 0 Å². The maximum Gasteiger partial charge on any atom is 0.147 e. The minimum absolute atomic E-state index is 0.0533. The minimum Gasteiger partial charge on any atom is -0.396 e. The summed E-state index contributed by atoms with van der Waals surface area (Å²) in [5.74, 6) is 0. The molecule has 0 radical (unpaired) electrons. The van der Waals surface area contributed by atoms with Crippen LogP contribution in [0.4, 0.5) is 0 Å². The summed E-state index contributed by atoms with van der Waals surface area (Å²) in [5, 5.41) is 8.54. The van der Waals surface area contributed by atoms with Gasteiger partial charge in [0.1, 0.15) is 6.79 Å². The summed E-state index contributed by atoms with van der Waals surface area (Å²) in [6.45, 7) is 3.44. The molecule has 0 aromatic rings. The quantitative estimate of drug-likeness (QED) is 0.431. The van der Waals surface area contributed by atoms with Gasteiger partial charge in [0.25, 0.3) is 0 Å². The summed E-state index contributed by atoms with van der Waals surface area (Å²) in [6, 6.07) is 0. The topological polar surface area (TPSA) is 47.9 Å². The van der Waals surface area contributed by atoms with Gasteiger partial charge in [0.05, 0.1) is 19.3 Å².